The summed E-state index contributed by atoms with van der Waals surface area (Å²) in [4.78, 5) is 26.6. The lowest BCUT2D eigenvalue weighted by Crippen LogP contribution is -2.20. The van der Waals surface area contributed by atoms with Gasteiger partial charge in [0, 0.05) is 27.1 Å². The summed E-state index contributed by atoms with van der Waals surface area (Å²) in [7, 11) is 0. The van der Waals surface area contributed by atoms with Gasteiger partial charge in [0.15, 0.2) is 11.6 Å². The van der Waals surface area contributed by atoms with E-state index in [1.54, 1.807) is 23.9 Å². The Bertz CT molecular complexity index is 840. The topological polar surface area (TPSA) is 34.1 Å². The normalized spacial score (nSPS) is 12.7. The molecule has 0 spiro atoms. The molecule has 1 aliphatic rings. The molecule has 0 bridgehead atoms. The first-order chi connectivity index (χ1) is 14.2. The molecule has 2 nitrogen and oxygen atoms in total. The SMILES string of the molecule is CCCCCCCCCCCCSc1ccc2c(c1)C(=O)c1ccccc1C2=O. The minimum Gasteiger partial charge on any atom is -0.289 e. The number of rotatable bonds is 12. The highest BCUT2D eigenvalue weighted by molar-refractivity contribution is 7.99. The van der Waals surface area contributed by atoms with Gasteiger partial charge in [0.1, 0.15) is 0 Å². The van der Waals surface area contributed by atoms with E-state index < -0.39 is 0 Å². The van der Waals surface area contributed by atoms with Crippen LogP contribution >= 0.6 is 11.8 Å². The Morgan fingerprint density at radius 1 is 0.621 bits per heavy atom. The van der Waals surface area contributed by atoms with Crippen LogP contribution in [0.15, 0.2) is 47.4 Å². The molecule has 0 fully saturated rings. The highest BCUT2D eigenvalue weighted by Crippen LogP contribution is 2.31. The molecule has 0 atom stereocenters. The lowest BCUT2D eigenvalue weighted by Gasteiger charge is -2.17. The monoisotopic (exact) mass is 408 g/mol. The molecule has 0 aliphatic heterocycles. The van der Waals surface area contributed by atoms with Crippen LogP contribution in [-0.2, 0) is 0 Å². The van der Waals surface area contributed by atoms with E-state index in [2.05, 4.69) is 6.92 Å². The van der Waals surface area contributed by atoms with Crippen LogP contribution in [0.1, 0.15) is 103 Å². The van der Waals surface area contributed by atoms with Gasteiger partial charge in [0.2, 0.25) is 0 Å². The average Bonchev–Trinajstić information content (AvgIpc) is 2.76. The van der Waals surface area contributed by atoms with Crippen molar-refractivity contribution in [2.75, 3.05) is 5.75 Å². The Morgan fingerprint density at radius 2 is 1.14 bits per heavy atom. The predicted octanol–water partition coefficient (Wildman–Crippen LogP) is 7.48. The fourth-order valence-electron chi connectivity index (χ4n) is 3.95. The molecule has 29 heavy (non-hydrogen) atoms. The molecular weight excluding hydrogens is 376 g/mol. The van der Waals surface area contributed by atoms with Crippen molar-refractivity contribution < 1.29 is 9.59 Å². The molecule has 0 unspecified atom stereocenters. The molecule has 154 valence electrons. The summed E-state index contributed by atoms with van der Waals surface area (Å²) in [6.45, 7) is 2.26. The van der Waals surface area contributed by atoms with Gasteiger partial charge in [0.05, 0.1) is 0 Å². The van der Waals surface area contributed by atoms with Gasteiger partial charge in [-0.2, -0.15) is 0 Å². The number of carbonyl (C=O) groups excluding carboxylic acids is 2. The maximum absolute atomic E-state index is 12.8. The van der Waals surface area contributed by atoms with Gasteiger partial charge in [-0.3, -0.25) is 9.59 Å². The highest BCUT2D eigenvalue weighted by atomic mass is 32.2. The third-order valence-corrected chi connectivity index (χ3v) is 6.74. The van der Waals surface area contributed by atoms with Crippen molar-refractivity contribution in [1.29, 1.82) is 0 Å². The zero-order chi connectivity index (χ0) is 20.5. The third kappa shape index (κ3) is 5.82. The smallest absolute Gasteiger partial charge is 0.194 e. The average molecular weight is 409 g/mol. The number of ketones is 2. The van der Waals surface area contributed by atoms with E-state index in [-0.39, 0.29) is 11.6 Å². The van der Waals surface area contributed by atoms with Crippen LogP contribution in [0.2, 0.25) is 0 Å². The molecule has 0 radical (unpaired) electrons. The summed E-state index contributed by atoms with van der Waals surface area (Å²) in [5, 5.41) is 0. The van der Waals surface area contributed by atoms with Crippen molar-refractivity contribution in [1.82, 2.24) is 0 Å². The number of benzene rings is 2. The minimum absolute atomic E-state index is 0.0309. The van der Waals surface area contributed by atoms with E-state index in [0.29, 0.717) is 22.3 Å². The molecule has 0 amide bonds. The van der Waals surface area contributed by atoms with Gasteiger partial charge in [-0.25, -0.2) is 0 Å². The van der Waals surface area contributed by atoms with Crippen LogP contribution in [0.25, 0.3) is 0 Å². The number of unbranched alkanes of at least 4 members (excludes halogenated alkanes) is 9. The van der Waals surface area contributed by atoms with E-state index in [1.165, 1.54) is 64.2 Å². The Kier molecular flexibility index (Phi) is 8.54. The zero-order valence-corrected chi connectivity index (χ0v) is 18.4. The van der Waals surface area contributed by atoms with Gasteiger partial charge in [0.25, 0.3) is 0 Å². The molecular formula is C26H32O2S. The van der Waals surface area contributed by atoms with Crippen molar-refractivity contribution in [3.63, 3.8) is 0 Å². The van der Waals surface area contributed by atoms with E-state index in [9.17, 15) is 9.59 Å². The molecule has 3 heteroatoms. The summed E-state index contributed by atoms with van der Waals surface area (Å²) >= 11 is 1.79. The number of carbonyl (C=O) groups is 2. The predicted molar refractivity (Wildman–Crippen MR) is 122 cm³/mol. The molecule has 3 rings (SSSR count). The number of fused-ring (bicyclic) bond motifs is 2. The lowest BCUT2D eigenvalue weighted by atomic mass is 9.84. The van der Waals surface area contributed by atoms with Gasteiger partial charge < -0.3 is 0 Å². The Morgan fingerprint density at radius 3 is 1.76 bits per heavy atom. The molecule has 0 aromatic heterocycles. The number of thioether (sulfide) groups is 1. The van der Waals surface area contributed by atoms with Crippen molar-refractivity contribution >= 4 is 23.3 Å². The van der Waals surface area contributed by atoms with E-state index in [1.807, 2.05) is 30.3 Å². The van der Waals surface area contributed by atoms with Crippen LogP contribution in [0.3, 0.4) is 0 Å². The maximum Gasteiger partial charge on any atom is 0.194 e. The summed E-state index contributed by atoms with van der Waals surface area (Å²) in [6, 6.07) is 12.8. The van der Waals surface area contributed by atoms with Gasteiger partial charge in [-0.15, -0.1) is 11.8 Å². The minimum atomic E-state index is -0.0403. The van der Waals surface area contributed by atoms with Gasteiger partial charge in [-0.1, -0.05) is 89.0 Å². The highest BCUT2D eigenvalue weighted by Gasteiger charge is 2.29. The van der Waals surface area contributed by atoms with Crippen LogP contribution < -0.4 is 0 Å². The van der Waals surface area contributed by atoms with E-state index >= 15 is 0 Å². The first kappa shape index (κ1) is 21.8. The van der Waals surface area contributed by atoms with Crippen LogP contribution in [0.5, 0.6) is 0 Å². The van der Waals surface area contributed by atoms with Crippen molar-refractivity contribution in [3.8, 4) is 0 Å². The molecule has 1 aliphatic carbocycles. The van der Waals surface area contributed by atoms with Crippen LogP contribution in [-0.4, -0.2) is 17.3 Å². The molecule has 0 heterocycles. The van der Waals surface area contributed by atoms with Gasteiger partial charge >= 0.3 is 0 Å². The van der Waals surface area contributed by atoms with Gasteiger partial charge in [-0.05, 0) is 30.4 Å². The largest absolute Gasteiger partial charge is 0.289 e. The molecule has 2 aromatic carbocycles. The second kappa shape index (κ2) is 11.3. The Labute approximate surface area is 179 Å². The fraction of sp³-hybridized carbons (Fsp3) is 0.462. The molecule has 0 saturated heterocycles. The number of hydrogen-bond acceptors (Lipinski definition) is 3. The summed E-state index contributed by atoms with van der Waals surface area (Å²) in [5.74, 6) is 0.992. The summed E-state index contributed by atoms with van der Waals surface area (Å²) < 4.78 is 0. The van der Waals surface area contributed by atoms with Crippen LogP contribution in [0.4, 0.5) is 0 Å². The maximum atomic E-state index is 12.8. The Balaban J connectivity index is 1.41. The first-order valence-electron chi connectivity index (χ1n) is 11.2. The van der Waals surface area contributed by atoms with Crippen LogP contribution in [0, 0.1) is 0 Å². The summed E-state index contributed by atoms with van der Waals surface area (Å²) in [6.07, 6.45) is 13.4. The molecule has 0 saturated carbocycles. The fourth-order valence-corrected chi connectivity index (χ4v) is 4.90. The quantitative estimate of drug-likeness (QED) is 0.230. The lowest BCUT2D eigenvalue weighted by molar-refractivity contribution is 0.0979. The van der Waals surface area contributed by atoms with Crippen molar-refractivity contribution in [3.05, 3.63) is 64.7 Å². The van der Waals surface area contributed by atoms with Crippen molar-refractivity contribution in [2.24, 2.45) is 0 Å². The summed E-state index contributed by atoms with van der Waals surface area (Å²) in [5.41, 5.74) is 2.15. The number of hydrogen-bond donors (Lipinski definition) is 0. The first-order valence-corrected chi connectivity index (χ1v) is 12.2. The third-order valence-electron chi connectivity index (χ3n) is 5.66. The van der Waals surface area contributed by atoms with E-state index in [0.717, 1.165) is 10.6 Å². The Hall–Kier alpha value is -1.87. The molecule has 2 aromatic rings. The van der Waals surface area contributed by atoms with E-state index in [4.69, 9.17) is 0 Å². The zero-order valence-electron chi connectivity index (χ0n) is 17.5. The van der Waals surface area contributed by atoms with Crippen molar-refractivity contribution in [2.45, 2.75) is 76.0 Å². The molecule has 0 N–H and O–H groups in total. The second-order valence-electron chi connectivity index (χ2n) is 7.94. The standard InChI is InChI=1S/C26H32O2S/c1-2-3-4-5-6-7-8-9-10-13-18-29-20-16-17-23-24(19-20)26(28)22-15-12-11-14-21(22)25(23)27/h11-12,14-17,19H,2-10,13,18H2,1H3. The second-order valence-corrected chi connectivity index (χ2v) is 9.11.